The van der Waals surface area contributed by atoms with Gasteiger partial charge in [-0.25, -0.2) is 4.79 Å². The third kappa shape index (κ3) is 3.29. The summed E-state index contributed by atoms with van der Waals surface area (Å²) >= 11 is 5.85. The number of halogens is 1. The first-order chi connectivity index (χ1) is 8.78. The second-order valence-electron chi connectivity index (χ2n) is 5.40. The predicted octanol–water partition coefficient (Wildman–Crippen LogP) is 2.34. The van der Waals surface area contributed by atoms with Crippen LogP contribution in [0.5, 0.6) is 0 Å². The average molecular weight is 283 g/mol. The Morgan fingerprint density at radius 3 is 2.79 bits per heavy atom. The Bertz CT molecular complexity index is 503. The van der Waals surface area contributed by atoms with Crippen molar-refractivity contribution in [3.8, 4) is 0 Å². The van der Waals surface area contributed by atoms with Gasteiger partial charge in [0, 0.05) is 6.10 Å². The second kappa shape index (κ2) is 5.15. The van der Waals surface area contributed by atoms with E-state index in [4.69, 9.17) is 26.0 Å². The largest absolute Gasteiger partial charge is 0.494 e. The lowest BCUT2D eigenvalue weighted by Crippen LogP contribution is -2.51. The lowest BCUT2D eigenvalue weighted by molar-refractivity contribution is -0.0229. The zero-order valence-corrected chi connectivity index (χ0v) is 11.9. The van der Waals surface area contributed by atoms with Crippen LogP contribution >= 0.6 is 11.6 Å². The van der Waals surface area contributed by atoms with Crippen molar-refractivity contribution in [3.05, 3.63) is 28.8 Å². The highest BCUT2D eigenvalue weighted by Crippen LogP contribution is 2.26. The van der Waals surface area contributed by atoms with Crippen LogP contribution in [0.3, 0.4) is 0 Å². The van der Waals surface area contributed by atoms with E-state index in [0.717, 1.165) is 6.42 Å². The first-order valence-electron chi connectivity index (χ1n) is 6.14. The summed E-state index contributed by atoms with van der Waals surface area (Å²) < 4.78 is 11.6. The minimum Gasteiger partial charge on any atom is -0.478 e. The molecule has 0 amide bonds. The lowest BCUT2D eigenvalue weighted by Gasteiger charge is -2.38. The molecule has 0 saturated carbocycles. The molecule has 1 heterocycles. The van der Waals surface area contributed by atoms with Crippen molar-refractivity contribution < 1.29 is 19.2 Å². The van der Waals surface area contributed by atoms with E-state index in [9.17, 15) is 4.79 Å². The SMILES string of the molecule is C[C@H]1CC(C)(C)OB(c2ccc(Cl)c(C(=O)O)c2)O1. The molecule has 1 saturated heterocycles. The number of aromatic carboxylic acids is 1. The summed E-state index contributed by atoms with van der Waals surface area (Å²) in [7, 11) is -0.561. The van der Waals surface area contributed by atoms with E-state index in [2.05, 4.69) is 0 Å². The third-order valence-corrected chi connectivity index (χ3v) is 3.38. The molecule has 102 valence electrons. The van der Waals surface area contributed by atoms with Crippen LogP contribution in [0.25, 0.3) is 0 Å². The summed E-state index contributed by atoms with van der Waals surface area (Å²) in [5.74, 6) is -1.06. The van der Waals surface area contributed by atoms with Gasteiger partial charge in [-0.05, 0) is 44.8 Å². The predicted molar refractivity (Wildman–Crippen MR) is 74.1 cm³/mol. The van der Waals surface area contributed by atoms with Gasteiger partial charge in [0.25, 0.3) is 0 Å². The normalized spacial score (nSPS) is 22.3. The van der Waals surface area contributed by atoms with E-state index in [1.165, 1.54) is 6.07 Å². The van der Waals surface area contributed by atoms with E-state index >= 15 is 0 Å². The molecule has 1 aromatic rings. The molecule has 1 aliphatic heterocycles. The van der Waals surface area contributed by atoms with Crippen molar-refractivity contribution in [2.75, 3.05) is 0 Å². The molecule has 0 unspecified atom stereocenters. The van der Waals surface area contributed by atoms with Crippen molar-refractivity contribution in [1.29, 1.82) is 0 Å². The van der Waals surface area contributed by atoms with Gasteiger partial charge < -0.3 is 14.4 Å². The van der Waals surface area contributed by atoms with Crippen LogP contribution < -0.4 is 5.46 Å². The highest BCUT2D eigenvalue weighted by atomic mass is 35.5. The van der Waals surface area contributed by atoms with Crippen LogP contribution in [0.15, 0.2) is 18.2 Å². The molecule has 0 spiro atoms. The van der Waals surface area contributed by atoms with Gasteiger partial charge in [0.05, 0.1) is 16.2 Å². The average Bonchev–Trinajstić information content (AvgIpc) is 2.26. The molecule has 1 atom stereocenters. The molecule has 4 nitrogen and oxygen atoms in total. The summed E-state index contributed by atoms with van der Waals surface area (Å²) in [6.07, 6.45) is 0.848. The molecule has 2 rings (SSSR count). The third-order valence-electron chi connectivity index (χ3n) is 3.05. The Morgan fingerprint density at radius 2 is 2.21 bits per heavy atom. The summed E-state index contributed by atoms with van der Waals surface area (Å²) in [4.78, 5) is 11.1. The van der Waals surface area contributed by atoms with Crippen molar-refractivity contribution in [2.24, 2.45) is 0 Å². The smallest absolute Gasteiger partial charge is 0.478 e. The summed E-state index contributed by atoms with van der Waals surface area (Å²) in [5.41, 5.74) is 0.426. The van der Waals surface area contributed by atoms with E-state index in [1.807, 2.05) is 20.8 Å². The first-order valence-corrected chi connectivity index (χ1v) is 6.52. The molecule has 0 bridgehead atoms. The quantitative estimate of drug-likeness (QED) is 0.846. The molecular formula is C13H16BClO4. The summed E-state index contributed by atoms with van der Waals surface area (Å²) in [6.45, 7) is 5.96. The van der Waals surface area contributed by atoms with Crippen LogP contribution in [-0.4, -0.2) is 29.9 Å². The molecule has 1 aliphatic rings. The molecule has 6 heteroatoms. The molecule has 0 aromatic heterocycles. The van der Waals surface area contributed by atoms with Gasteiger partial charge in [0.2, 0.25) is 0 Å². The molecule has 1 N–H and O–H groups in total. The first kappa shape index (κ1) is 14.4. The fourth-order valence-electron chi connectivity index (χ4n) is 2.32. The van der Waals surface area contributed by atoms with Crippen LogP contribution in [0.2, 0.25) is 5.02 Å². The van der Waals surface area contributed by atoms with Crippen molar-refractivity contribution in [1.82, 2.24) is 0 Å². The zero-order valence-electron chi connectivity index (χ0n) is 11.1. The van der Waals surface area contributed by atoms with Gasteiger partial charge in [0.15, 0.2) is 0 Å². The van der Waals surface area contributed by atoms with Crippen LogP contribution in [0.1, 0.15) is 37.6 Å². The molecule has 1 fully saturated rings. The number of carboxylic acid groups (broad SMARTS) is 1. The van der Waals surface area contributed by atoms with Gasteiger partial charge in [-0.15, -0.1) is 0 Å². The molecular weight excluding hydrogens is 266 g/mol. The van der Waals surface area contributed by atoms with Gasteiger partial charge in [0.1, 0.15) is 0 Å². The monoisotopic (exact) mass is 282 g/mol. The minimum absolute atomic E-state index is 0.0534. The summed E-state index contributed by atoms with van der Waals surface area (Å²) in [6, 6.07) is 4.79. The highest BCUT2D eigenvalue weighted by molar-refractivity contribution is 6.61. The van der Waals surface area contributed by atoms with Gasteiger partial charge in [-0.3, -0.25) is 0 Å². The number of benzene rings is 1. The Labute approximate surface area is 117 Å². The molecule has 0 aliphatic carbocycles. The minimum atomic E-state index is -1.06. The summed E-state index contributed by atoms with van der Waals surface area (Å²) in [5, 5.41) is 9.28. The zero-order chi connectivity index (χ0) is 14.2. The maximum absolute atomic E-state index is 11.1. The number of carboxylic acids is 1. The fourth-order valence-corrected chi connectivity index (χ4v) is 2.52. The Morgan fingerprint density at radius 1 is 1.53 bits per heavy atom. The second-order valence-corrected chi connectivity index (χ2v) is 5.81. The number of rotatable bonds is 2. The van der Waals surface area contributed by atoms with Gasteiger partial charge in [-0.1, -0.05) is 17.7 Å². The Balaban J connectivity index is 2.31. The van der Waals surface area contributed by atoms with Gasteiger partial charge >= 0.3 is 13.1 Å². The van der Waals surface area contributed by atoms with Crippen LogP contribution in [0, 0.1) is 0 Å². The van der Waals surface area contributed by atoms with E-state index in [1.54, 1.807) is 12.1 Å². The maximum atomic E-state index is 11.1. The molecule has 19 heavy (non-hydrogen) atoms. The van der Waals surface area contributed by atoms with Crippen molar-refractivity contribution in [3.63, 3.8) is 0 Å². The Kier molecular flexibility index (Phi) is 3.90. The fraction of sp³-hybridized carbons (Fsp3) is 0.462. The number of hydrogen-bond acceptors (Lipinski definition) is 3. The Hall–Kier alpha value is -1.04. The van der Waals surface area contributed by atoms with E-state index in [-0.39, 0.29) is 22.3 Å². The standard InChI is InChI=1S/C13H16BClO4/c1-8-7-13(2,3)19-14(18-8)9-4-5-11(15)10(6-9)12(16)17/h4-6,8H,7H2,1-3H3,(H,16,17)/t8-/m0/s1. The highest BCUT2D eigenvalue weighted by Gasteiger charge is 2.38. The topological polar surface area (TPSA) is 55.8 Å². The van der Waals surface area contributed by atoms with Crippen molar-refractivity contribution >= 4 is 30.2 Å². The van der Waals surface area contributed by atoms with E-state index in [0.29, 0.717) is 5.46 Å². The van der Waals surface area contributed by atoms with Gasteiger partial charge in [-0.2, -0.15) is 0 Å². The van der Waals surface area contributed by atoms with Crippen LogP contribution in [0.4, 0.5) is 0 Å². The number of hydrogen-bond donors (Lipinski definition) is 1. The van der Waals surface area contributed by atoms with Crippen LogP contribution in [-0.2, 0) is 9.31 Å². The lowest BCUT2D eigenvalue weighted by atomic mass is 9.74. The molecule has 1 aromatic carbocycles. The van der Waals surface area contributed by atoms with Crippen molar-refractivity contribution in [2.45, 2.75) is 38.9 Å². The van der Waals surface area contributed by atoms with E-state index < -0.39 is 13.1 Å². The number of carbonyl (C=O) groups is 1. The molecule has 0 radical (unpaired) electrons. The maximum Gasteiger partial charge on any atom is 0.494 e.